The van der Waals surface area contributed by atoms with Crippen LogP contribution >= 0.6 is 23.4 Å². The van der Waals surface area contributed by atoms with Crippen molar-refractivity contribution in [1.29, 1.82) is 5.26 Å². The number of halogens is 1. The quantitative estimate of drug-likeness (QED) is 0.290. The summed E-state index contributed by atoms with van der Waals surface area (Å²) in [5.41, 5.74) is 2.86. The van der Waals surface area contributed by atoms with E-state index in [0.29, 0.717) is 38.3 Å². The number of hydrogen-bond donors (Lipinski definition) is 3. The fourth-order valence-electron chi connectivity index (χ4n) is 4.27. The lowest BCUT2D eigenvalue weighted by molar-refractivity contribution is -0.114. The Balaban J connectivity index is 1.63. The summed E-state index contributed by atoms with van der Waals surface area (Å²) in [6.07, 6.45) is 0. The zero-order valence-electron chi connectivity index (χ0n) is 21.7. The minimum Gasteiger partial charge on any atom is -0.465 e. The van der Waals surface area contributed by atoms with Crippen LogP contribution in [0.1, 0.15) is 28.8 Å². The number of esters is 1. The highest BCUT2D eigenvalue weighted by Crippen LogP contribution is 2.43. The van der Waals surface area contributed by atoms with Gasteiger partial charge in [0.1, 0.15) is 0 Å². The Morgan fingerprint density at radius 1 is 1.00 bits per heavy atom. The number of carbonyl (C=O) groups is 3. The van der Waals surface area contributed by atoms with Crippen LogP contribution in [0.4, 0.5) is 11.4 Å². The molecule has 40 heavy (non-hydrogen) atoms. The second kappa shape index (κ2) is 13.0. The van der Waals surface area contributed by atoms with Gasteiger partial charge in [0, 0.05) is 22.0 Å². The Morgan fingerprint density at radius 2 is 1.68 bits per heavy atom. The van der Waals surface area contributed by atoms with Gasteiger partial charge in [-0.15, -0.1) is 0 Å². The second-order valence-corrected chi connectivity index (χ2v) is 10.1. The predicted octanol–water partition coefficient (Wildman–Crippen LogP) is 5.83. The molecule has 0 saturated carbocycles. The number of ether oxygens (including phenoxy) is 1. The Labute approximate surface area is 241 Å². The van der Waals surface area contributed by atoms with Crippen molar-refractivity contribution in [2.45, 2.75) is 12.8 Å². The van der Waals surface area contributed by atoms with E-state index >= 15 is 0 Å². The maximum Gasteiger partial charge on any atom is 0.339 e. The smallest absolute Gasteiger partial charge is 0.339 e. The summed E-state index contributed by atoms with van der Waals surface area (Å²) in [6.45, 7) is 1.74. The number of nitriles is 1. The van der Waals surface area contributed by atoms with Gasteiger partial charge in [-0.1, -0.05) is 71.9 Å². The van der Waals surface area contributed by atoms with Gasteiger partial charge in [0.2, 0.25) is 5.91 Å². The van der Waals surface area contributed by atoms with Crippen LogP contribution in [0.25, 0.3) is 0 Å². The molecule has 1 atom stereocenters. The maximum absolute atomic E-state index is 13.5. The highest BCUT2D eigenvalue weighted by molar-refractivity contribution is 8.03. The zero-order chi connectivity index (χ0) is 28.6. The molecule has 202 valence electrons. The van der Waals surface area contributed by atoms with Crippen LogP contribution in [-0.4, -0.2) is 30.6 Å². The number of thioether (sulfide) groups is 1. The van der Waals surface area contributed by atoms with Gasteiger partial charge in [0.25, 0.3) is 5.91 Å². The van der Waals surface area contributed by atoms with Crippen LogP contribution < -0.4 is 16.0 Å². The molecule has 0 bridgehead atoms. The van der Waals surface area contributed by atoms with E-state index in [1.54, 1.807) is 67.6 Å². The number of para-hydroxylation sites is 2. The number of dihydropyridines is 1. The van der Waals surface area contributed by atoms with E-state index in [1.165, 1.54) is 7.11 Å². The first-order valence-corrected chi connectivity index (χ1v) is 13.5. The summed E-state index contributed by atoms with van der Waals surface area (Å²) in [4.78, 5) is 38.4. The van der Waals surface area contributed by atoms with Crippen molar-refractivity contribution in [2.75, 3.05) is 23.5 Å². The van der Waals surface area contributed by atoms with E-state index in [4.69, 9.17) is 16.3 Å². The number of amides is 2. The molecule has 1 aliphatic rings. The van der Waals surface area contributed by atoms with Crippen LogP contribution in [-0.2, 0) is 14.3 Å². The van der Waals surface area contributed by atoms with Crippen molar-refractivity contribution in [3.8, 4) is 6.07 Å². The SMILES string of the molecule is COC(=O)c1ccccc1NC(=O)CSC1=C(C#N)C(c2ccccc2Cl)C(C(=O)Nc2ccccc2)=C(C)N1. The van der Waals surface area contributed by atoms with E-state index in [0.717, 1.165) is 11.8 Å². The number of rotatable bonds is 8. The summed E-state index contributed by atoms with van der Waals surface area (Å²) in [7, 11) is 1.26. The number of benzene rings is 3. The van der Waals surface area contributed by atoms with Crippen molar-refractivity contribution in [3.63, 3.8) is 0 Å². The molecule has 1 unspecified atom stereocenters. The van der Waals surface area contributed by atoms with Crippen LogP contribution in [0.5, 0.6) is 0 Å². The van der Waals surface area contributed by atoms with E-state index in [1.807, 2.05) is 18.2 Å². The lowest BCUT2D eigenvalue weighted by Gasteiger charge is -2.30. The highest BCUT2D eigenvalue weighted by Gasteiger charge is 2.36. The minimum absolute atomic E-state index is 0.0723. The molecule has 2 amide bonds. The summed E-state index contributed by atoms with van der Waals surface area (Å²) >= 11 is 7.67. The molecule has 10 heteroatoms. The van der Waals surface area contributed by atoms with Crippen LogP contribution in [0.2, 0.25) is 5.02 Å². The molecule has 3 aromatic carbocycles. The largest absolute Gasteiger partial charge is 0.465 e. The second-order valence-electron chi connectivity index (χ2n) is 8.67. The van der Waals surface area contributed by atoms with Crippen molar-refractivity contribution in [1.82, 2.24) is 5.32 Å². The molecule has 4 rings (SSSR count). The molecule has 0 spiro atoms. The summed E-state index contributed by atoms with van der Waals surface area (Å²) in [5.74, 6) is -2.19. The van der Waals surface area contributed by atoms with E-state index < -0.39 is 17.8 Å². The van der Waals surface area contributed by atoms with E-state index in [9.17, 15) is 19.6 Å². The highest BCUT2D eigenvalue weighted by atomic mass is 35.5. The molecular weight excluding hydrogens is 548 g/mol. The number of anilines is 2. The number of carbonyl (C=O) groups excluding carboxylic acids is 3. The van der Waals surface area contributed by atoms with Gasteiger partial charge < -0.3 is 20.7 Å². The topological polar surface area (TPSA) is 120 Å². The van der Waals surface area contributed by atoms with E-state index in [2.05, 4.69) is 22.0 Å². The molecule has 3 aromatic rings. The van der Waals surface area contributed by atoms with Gasteiger partial charge in [0.15, 0.2) is 0 Å². The van der Waals surface area contributed by atoms with Crippen LogP contribution in [0.15, 0.2) is 101 Å². The molecule has 0 fully saturated rings. The first kappa shape index (κ1) is 28.5. The summed E-state index contributed by atoms with van der Waals surface area (Å²) in [6, 6.07) is 24.8. The lowest BCUT2D eigenvalue weighted by Crippen LogP contribution is -2.31. The number of hydrogen-bond acceptors (Lipinski definition) is 7. The Bertz CT molecular complexity index is 1560. The first-order chi connectivity index (χ1) is 19.3. The summed E-state index contributed by atoms with van der Waals surface area (Å²) in [5, 5.41) is 19.9. The Hall–Kier alpha value is -4.52. The maximum atomic E-state index is 13.5. The number of allylic oxidation sites excluding steroid dienone is 2. The average Bonchev–Trinajstić information content (AvgIpc) is 2.96. The van der Waals surface area contributed by atoms with Gasteiger partial charge in [-0.3, -0.25) is 9.59 Å². The normalized spacial score (nSPS) is 14.6. The molecule has 1 heterocycles. The molecule has 0 aromatic heterocycles. The molecule has 0 aliphatic carbocycles. The molecule has 0 saturated heterocycles. The molecule has 1 aliphatic heterocycles. The fourth-order valence-corrected chi connectivity index (χ4v) is 5.41. The van der Waals surface area contributed by atoms with Crippen molar-refractivity contribution >= 4 is 52.5 Å². The Kier molecular flexibility index (Phi) is 9.27. The predicted molar refractivity (Wildman–Crippen MR) is 157 cm³/mol. The third kappa shape index (κ3) is 6.37. The monoisotopic (exact) mass is 572 g/mol. The van der Waals surface area contributed by atoms with E-state index in [-0.39, 0.29) is 22.8 Å². The number of nitrogens with one attached hydrogen (secondary N) is 3. The molecule has 3 N–H and O–H groups in total. The van der Waals surface area contributed by atoms with Crippen LogP contribution in [0.3, 0.4) is 0 Å². The Morgan fingerprint density at radius 3 is 2.38 bits per heavy atom. The zero-order valence-corrected chi connectivity index (χ0v) is 23.2. The molecule has 8 nitrogen and oxygen atoms in total. The van der Waals surface area contributed by atoms with Gasteiger partial charge in [-0.05, 0) is 42.8 Å². The average molecular weight is 573 g/mol. The number of nitrogens with zero attached hydrogens (tertiary/aromatic N) is 1. The molecule has 0 radical (unpaired) electrons. The third-order valence-corrected chi connectivity index (χ3v) is 7.46. The van der Waals surface area contributed by atoms with Crippen molar-refractivity contribution < 1.29 is 19.1 Å². The minimum atomic E-state index is -0.769. The number of methoxy groups -OCH3 is 1. The van der Waals surface area contributed by atoms with Crippen molar-refractivity contribution in [2.24, 2.45) is 0 Å². The van der Waals surface area contributed by atoms with Gasteiger partial charge in [-0.2, -0.15) is 5.26 Å². The first-order valence-electron chi connectivity index (χ1n) is 12.2. The van der Waals surface area contributed by atoms with Gasteiger partial charge >= 0.3 is 5.97 Å². The standard InChI is InChI=1S/C30H25ClN4O4S/c1-18-26(28(37)34-19-10-4-3-5-11-19)27(20-12-6-8-14-23(20)31)22(16-32)29(33-18)40-17-25(36)35-24-15-9-7-13-21(24)30(38)39-2/h3-15,27,33H,17H2,1-2H3,(H,34,37)(H,35,36). The van der Waals surface area contributed by atoms with Crippen LogP contribution in [0, 0.1) is 11.3 Å². The lowest BCUT2D eigenvalue weighted by atomic mass is 9.82. The van der Waals surface area contributed by atoms with Crippen molar-refractivity contribution in [3.05, 3.63) is 117 Å². The third-order valence-electron chi connectivity index (χ3n) is 6.09. The molecular formula is C30H25ClN4O4S. The fraction of sp³-hybridized carbons (Fsp3) is 0.133. The van der Waals surface area contributed by atoms with Gasteiger partial charge in [0.05, 0.1) is 46.7 Å². The van der Waals surface area contributed by atoms with Gasteiger partial charge in [-0.25, -0.2) is 4.79 Å². The summed E-state index contributed by atoms with van der Waals surface area (Å²) < 4.78 is 4.79.